The molecular formula is C27H29N3O12. The van der Waals surface area contributed by atoms with Gasteiger partial charge in [-0.25, -0.2) is 9.59 Å². The molecule has 1 saturated heterocycles. The molecule has 1 aliphatic rings. The molecule has 3 aromatic rings. The molecule has 0 amide bonds. The lowest BCUT2D eigenvalue weighted by Crippen LogP contribution is -2.56. The van der Waals surface area contributed by atoms with Gasteiger partial charge in [0.25, 0.3) is 11.2 Å². The number of nitrogens with one attached hydrogen (secondary N) is 1. The molecule has 15 nitrogen and oxygen atoms in total. The van der Waals surface area contributed by atoms with E-state index >= 15 is 0 Å². The normalized spacial score (nSPS) is 21.4. The van der Waals surface area contributed by atoms with E-state index in [0.29, 0.717) is 11.1 Å². The molecule has 5 atom stereocenters. The third-order valence-corrected chi connectivity index (χ3v) is 6.32. The Morgan fingerprint density at radius 1 is 1.05 bits per heavy atom. The van der Waals surface area contributed by atoms with Crippen molar-refractivity contribution in [3.63, 3.8) is 0 Å². The summed E-state index contributed by atoms with van der Waals surface area (Å²) in [5.74, 6) is -2.46. The summed E-state index contributed by atoms with van der Waals surface area (Å²) in [7, 11) is 0. The van der Waals surface area contributed by atoms with Gasteiger partial charge in [0.2, 0.25) is 0 Å². The van der Waals surface area contributed by atoms with E-state index < -0.39 is 52.8 Å². The Morgan fingerprint density at radius 2 is 1.76 bits per heavy atom. The molecule has 2 aromatic carbocycles. The fourth-order valence-electron chi connectivity index (χ4n) is 4.27. The average molecular weight is 588 g/mol. The standard InChI is InChI=1S/C27H29N3O12/c1-2-39-27(40-16-18-6-4-3-5-7-18,42-26(35)38-15-13-17-8-10-19(11-9-17)30(36)37)23-21(32)22(33)24(41-23)29-14-12-20(31)28-25(29)34/h3-12,14,21-24,32-33H,2,13,15-16H2,1H3,(H,28,31,34)/t21-,22+,23-,24+,27?/m0/s1. The van der Waals surface area contributed by atoms with E-state index in [0.717, 1.165) is 16.8 Å². The van der Waals surface area contributed by atoms with Crippen LogP contribution in [0.1, 0.15) is 24.3 Å². The molecule has 224 valence electrons. The highest BCUT2D eigenvalue weighted by molar-refractivity contribution is 5.60. The van der Waals surface area contributed by atoms with Crippen LogP contribution in [0, 0.1) is 10.1 Å². The van der Waals surface area contributed by atoms with E-state index in [1.54, 1.807) is 37.3 Å². The van der Waals surface area contributed by atoms with Crippen LogP contribution in [0.25, 0.3) is 0 Å². The predicted molar refractivity (Wildman–Crippen MR) is 142 cm³/mol. The van der Waals surface area contributed by atoms with Gasteiger partial charge in [-0.3, -0.25) is 24.5 Å². The van der Waals surface area contributed by atoms with Gasteiger partial charge in [0.15, 0.2) is 12.3 Å². The summed E-state index contributed by atoms with van der Waals surface area (Å²) < 4.78 is 29.0. The number of aromatic nitrogens is 2. The first-order chi connectivity index (χ1) is 20.1. The molecule has 0 radical (unpaired) electrons. The van der Waals surface area contributed by atoms with Crippen LogP contribution in [0.2, 0.25) is 0 Å². The van der Waals surface area contributed by atoms with Crippen molar-refractivity contribution in [3.05, 3.63) is 109 Å². The molecule has 2 heterocycles. The van der Waals surface area contributed by atoms with E-state index in [1.807, 2.05) is 4.98 Å². The smallest absolute Gasteiger partial charge is 0.434 e. The number of carbonyl (C=O) groups is 1. The fraction of sp³-hybridized carbons (Fsp3) is 0.370. The summed E-state index contributed by atoms with van der Waals surface area (Å²) in [5, 5.41) is 32.6. The molecule has 1 unspecified atom stereocenters. The minimum absolute atomic E-state index is 0.0871. The summed E-state index contributed by atoms with van der Waals surface area (Å²) >= 11 is 0. The van der Waals surface area contributed by atoms with Gasteiger partial charge in [-0.05, 0) is 18.1 Å². The van der Waals surface area contributed by atoms with Gasteiger partial charge in [-0.1, -0.05) is 42.5 Å². The van der Waals surface area contributed by atoms with Gasteiger partial charge in [0.05, 0.1) is 24.7 Å². The second kappa shape index (κ2) is 13.5. The van der Waals surface area contributed by atoms with Gasteiger partial charge in [-0.15, -0.1) is 0 Å². The third kappa shape index (κ3) is 7.07. The number of nitrogens with zero attached hydrogens (tertiary/aromatic N) is 2. The number of aliphatic hydroxyl groups is 2. The van der Waals surface area contributed by atoms with Gasteiger partial charge in [0.1, 0.15) is 12.2 Å². The van der Waals surface area contributed by atoms with Crippen molar-refractivity contribution in [2.24, 2.45) is 0 Å². The van der Waals surface area contributed by atoms with Crippen LogP contribution in [0.5, 0.6) is 0 Å². The Labute approximate surface area is 237 Å². The number of rotatable bonds is 12. The molecule has 3 N–H and O–H groups in total. The zero-order valence-corrected chi connectivity index (χ0v) is 22.4. The summed E-state index contributed by atoms with van der Waals surface area (Å²) in [4.78, 5) is 49.1. The van der Waals surface area contributed by atoms with Crippen LogP contribution >= 0.6 is 0 Å². The van der Waals surface area contributed by atoms with Gasteiger partial charge < -0.3 is 33.9 Å². The first kappa shape index (κ1) is 30.5. The maximum absolute atomic E-state index is 12.9. The van der Waals surface area contributed by atoms with Gasteiger partial charge in [0, 0.05) is 30.8 Å². The number of H-pyrrole nitrogens is 1. The highest BCUT2D eigenvalue weighted by atomic mass is 16.9. The Morgan fingerprint density at radius 3 is 2.40 bits per heavy atom. The molecule has 0 saturated carbocycles. The molecule has 0 spiro atoms. The topological polar surface area (TPSA) is 202 Å². The number of hydrogen-bond acceptors (Lipinski definition) is 12. The van der Waals surface area contributed by atoms with Crippen LogP contribution in [0.15, 0.2) is 76.4 Å². The van der Waals surface area contributed by atoms with Crippen molar-refractivity contribution in [3.8, 4) is 0 Å². The lowest BCUT2D eigenvalue weighted by atomic mass is 10.1. The van der Waals surface area contributed by atoms with Crippen LogP contribution in [-0.2, 0) is 36.7 Å². The van der Waals surface area contributed by atoms with Crippen molar-refractivity contribution in [2.75, 3.05) is 13.2 Å². The van der Waals surface area contributed by atoms with Crippen molar-refractivity contribution in [1.29, 1.82) is 0 Å². The summed E-state index contributed by atoms with van der Waals surface area (Å²) in [6, 6.07) is 15.4. The molecule has 42 heavy (non-hydrogen) atoms. The first-order valence-electron chi connectivity index (χ1n) is 12.9. The Balaban J connectivity index is 1.55. The zero-order chi connectivity index (χ0) is 30.3. The van der Waals surface area contributed by atoms with Crippen LogP contribution in [-0.4, -0.2) is 68.3 Å². The number of nitro benzene ring substituents is 1. The number of carbonyl (C=O) groups excluding carboxylic acids is 1. The Kier molecular flexibility index (Phi) is 9.82. The van der Waals surface area contributed by atoms with E-state index in [1.165, 1.54) is 24.3 Å². The molecule has 1 aliphatic heterocycles. The molecule has 0 bridgehead atoms. The van der Waals surface area contributed by atoms with Crippen molar-refractivity contribution in [1.82, 2.24) is 9.55 Å². The first-order valence-corrected chi connectivity index (χ1v) is 12.9. The van der Waals surface area contributed by atoms with E-state index in [4.69, 9.17) is 23.7 Å². The number of aliphatic hydroxyl groups excluding tert-OH is 2. The van der Waals surface area contributed by atoms with Crippen LogP contribution in [0.3, 0.4) is 0 Å². The second-order valence-corrected chi connectivity index (χ2v) is 9.13. The number of benzene rings is 2. The number of hydrogen-bond donors (Lipinski definition) is 3. The lowest BCUT2D eigenvalue weighted by molar-refractivity contribution is -0.408. The largest absolute Gasteiger partial charge is 0.512 e. The number of ether oxygens (including phenoxy) is 5. The zero-order valence-electron chi connectivity index (χ0n) is 22.4. The van der Waals surface area contributed by atoms with Crippen LogP contribution in [0.4, 0.5) is 10.5 Å². The predicted octanol–water partition coefficient (Wildman–Crippen LogP) is 1.37. The maximum Gasteiger partial charge on any atom is 0.512 e. The Hall–Kier alpha value is -4.41. The van der Waals surface area contributed by atoms with E-state index in [-0.39, 0.29) is 31.9 Å². The minimum Gasteiger partial charge on any atom is -0.434 e. The maximum atomic E-state index is 12.9. The number of non-ortho nitro benzene ring substituents is 1. The van der Waals surface area contributed by atoms with Gasteiger partial charge >= 0.3 is 17.8 Å². The van der Waals surface area contributed by atoms with Crippen molar-refractivity contribution < 1.29 is 43.6 Å². The number of aromatic amines is 1. The molecule has 1 aromatic heterocycles. The summed E-state index contributed by atoms with van der Waals surface area (Å²) in [5.41, 5.74) is -0.403. The molecule has 1 fully saturated rings. The van der Waals surface area contributed by atoms with Crippen molar-refractivity contribution >= 4 is 11.8 Å². The number of nitro groups is 1. The lowest BCUT2D eigenvalue weighted by Gasteiger charge is -2.36. The van der Waals surface area contributed by atoms with Gasteiger partial charge in [-0.2, -0.15) is 0 Å². The quantitative estimate of drug-likeness (QED) is 0.119. The Bertz CT molecular complexity index is 1480. The highest BCUT2D eigenvalue weighted by Gasteiger charge is 2.59. The fourth-order valence-corrected chi connectivity index (χ4v) is 4.27. The molecular weight excluding hydrogens is 558 g/mol. The molecule has 0 aliphatic carbocycles. The third-order valence-electron chi connectivity index (χ3n) is 6.32. The minimum atomic E-state index is -2.46. The van der Waals surface area contributed by atoms with Crippen LogP contribution < -0.4 is 11.2 Å². The highest BCUT2D eigenvalue weighted by Crippen LogP contribution is 2.38. The SMILES string of the molecule is CCOC(OCc1ccccc1)(OC(=O)OCCc1ccc([N+](=O)[O-])cc1)[C@H]1O[C@@H](n2ccc(=O)[nH]c2=O)[C@H](O)[C@@H]1O. The van der Waals surface area contributed by atoms with E-state index in [9.17, 15) is 34.7 Å². The molecule has 4 rings (SSSR count). The monoisotopic (exact) mass is 587 g/mol. The average Bonchev–Trinajstić information content (AvgIpc) is 3.27. The van der Waals surface area contributed by atoms with Crippen molar-refractivity contribution in [2.45, 2.75) is 50.5 Å². The summed E-state index contributed by atoms with van der Waals surface area (Å²) in [6.07, 6.45) is -6.75. The van der Waals surface area contributed by atoms with E-state index in [2.05, 4.69) is 0 Å². The second-order valence-electron chi connectivity index (χ2n) is 9.13. The summed E-state index contributed by atoms with van der Waals surface area (Å²) in [6.45, 7) is 1.06. The molecule has 15 heteroatoms.